The summed E-state index contributed by atoms with van der Waals surface area (Å²) in [7, 11) is 0. The summed E-state index contributed by atoms with van der Waals surface area (Å²) >= 11 is 3.42. The summed E-state index contributed by atoms with van der Waals surface area (Å²) in [5.41, 5.74) is 0. The molecule has 1 atom stereocenters. The minimum absolute atomic E-state index is 0.168. The quantitative estimate of drug-likeness (QED) is 0.920. The monoisotopic (exact) mass is 326 g/mol. The lowest BCUT2D eigenvalue weighted by atomic mass is 10.2. The second-order valence-corrected chi connectivity index (χ2v) is 5.52. The molecule has 5 heteroatoms. The second-order valence-electron chi connectivity index (χ2n) is 4.67. The largest absolute Gasteiger partial charge is 0.492 e. The first-order valence-corrected chi connectivity index (χ1v) is 7.35. The fraction of sp³-hybridized carbons (Fsp3) is 0.500. The Labute approximate surface area is 122 Å². The van der Waals surface area contributed by atoms with Crippen LogP contribution < -0.4 is 10.1 Å². The number of halogens is 1. The summed E-state index contributed by atoms with van der Waals surface area (Å²) in [4.78, 5) is 14.0. The zero-order chi connectivity index (χ0) is 13.7. The van der Waals surface area contributed by atoms with Crippen LogP contribution in [0.25, 0.3) is 0 Å². The molecule has 1 saturated heterocycles. The van der Waals surface area contributed by atoms with Crippen LogP contribution >= 0.6 is 15.9 Å². The average molecular weight is 327 g/mol. The van der Waals surface area contributed by atoms with Crippen LogP contribution in [0, 0.1) is 0 Å². The molecule has 1 aromatic carbocycles. The maximum atomic E-state index is 12.1. The number of rotatable bonds is 4. The molecule has 0 unspecified atom stereocenters. The number of amides is 1. The van der Waals surface area contributed by atoms with Crippen molar-refractivity contribution in [2.75, 3.05) is 26.2 Å². The minimum Gasteiger partial charge on any atom is -0.492 e. The number of ether oxygens (including phenoxy) is 1. The van der Waals surface area contributed by atoms with Crippen LogP contribution in [0.3, 0.4) is 0 Å². The Morgan fingerprint density at radius 1 is 1.53 bits per heavy atom. The zero-order valence-electron chi connectivity index (χ0n) is 11.1. The molecule has 104 valence electrons. The van der Waals surface area contributed by atoms with Crippen LogP contribution in [0.2, 0.25) is 0 Å². The van der Waals surface area contributed by atoms with Crippen molar-refractivity contribution in [2.45, 2.75) is 19.4 Å². The summed E-state index contributed by atoms with van der Waals surface area (Å²) in [5.74, 6) is 0.949. The standard InChI is InChI=1S/C14H19BrN2O2/c1-11-10-16-7-8-17(11)14(18)6-9-19-13-5-3-2-4-12(13)15/h2-5,11,16H,6-10H2,1H3/t11-/m1/s1. The lowest BCUT2D eigenvalue weighted by Crippen LogP contribution is -2.52. The van der Waals surface area contributed by atoms with E-state index >= 15 is 0 Å². The molecule has 1 fully saturated rings. The maximum Gasteiger partial charge on any atom is 0.226 e. The fourth-order valence-corrected chi connectivity index (χ4v) is 2.56. The summed E-state index contributed by atoms with van der Waals surface area (Å²) in [5, 5.41) is 3.28. The molecule has 1 heterocycles. The van der Waals surface area contributed by atoms with Gasteiger partial charge in [-0.05, 0) is 35.0 Å². The predicted octanol–water partition coefficient (Wildman–Crippen LogP) is 2.04. The van der Waals surface area contributed by atoms with Crippen LogP contribution in [0.15, 0.2) is 28.7 Å². The van der Waals surface area contributed by atoms with Crippen molar-refractivity contribution in [3.8, 4) is 5.75 Å². The number of piperazine rings is 1. The van der Waals surface area contributed by atoms with Crippen LogP contribution in [0.5, 0.6) is 5.75 Å². The molecule has 4 nitrogen and oxygen atoms in total. The first-order valence-electron chi connectivity index (χ1n) is 6.56. The van der Waals surface area contributed by atoms with Crippen molar-refractivity contribution in [1.82, 2.24) is 10.2 Å². The Morgan fingerprint density at radius 2 is 2.32 bits per heavy atom. The highest BCUT2D eigenvalue weighted by Gasteiger charge is 2.22. The van der Waals surface area contributed by atoms with Gasteiger partial charge in [-0.15, -0.1) is 0 Å². The summed E-state index contributed by atoms with van der Waals surface area (Å²) in [6.07, 6.45) is 0.422. The van der Waals surface area contributed by atoms with E-state index in [2.05, 4.69) is 28.2 Å². The molecular weight excluding hydrogens is 308 g/mol. The molecule has 1 aliphatic heterocycles. The van der Waals surface area contributed by atoms with Crippen molar-refractivity contribution in [2.24, 2.45) is 0 Å². The number of carbonyl (C=O) groups is 1. The number of nitrogens with zero attached hydrogens (tertiary/aromatic N) is 1. The van der Waals surface area contributed by atoms with Crippen molar-refractivity contribution >= 4 is 21.8 Å². The molecule has 1 amide bonds. The van der Waals surface area contributed by atoms with Gasteiger partial charge in [0.2, 0.25) is 5.91 Å². The Bertz CT molecular complexity index is 439. The number of hydrogen-bond donors (Lipinski definition) is 1. The molecule has 0 spiro atoms. The van der Waals surface area contributed by atoms with E-state index in [1.165, 1.54) is 0 Å². The van der Waals surface area contributed by atoms with Gasteiger partial charge in [0.1, 0.15) is 5.75 Å². The molecular formula is C14H19BrN2O2. The zero-order valence-corrected chi connectivity index (χ0v) is 12.6. The van der Waals surface area contributed by atoms with Crippen LogP contribution in [0.4, 0.5) is 0 Å². The van der Waals surface area contributed by atoms with E-state index in [-0.39, 0.29) is 11.9 Å². The maximum absolute atomic E-state index is 12.1. The number of benzene rings is 1. The molecule has 2 rings (SSSR count). The third-order valence-electron chi connectivity index (χ3n) is 3.23. The van der Waals surface area contributed by atoms with E-state index in [0.29, 0.717) is 13.0 Å². The van der Waals surface area contributed by atoms with Gasteiger partial charge in [0.25, 0.3) is 0 Å². The molecule has 19 heavy (non-hydrogen) atoms. The predicted molar refractivity (Wildman–Crippen MR) is 78.3 cm³/mol. The number of para-hydroxylation sites is 1. The Kier molecular flexibility index (Phi) is 5.22. The van der Waals surface area contributed by atoms with Gasteiger partial charge in [0, 0.05) is 25.7 Å². The lowest BCUT2D eigenvalue weighted by molar-refractivity contribution is -0.134. The van der Waals surface area contributed by atoms with Gasteiger partial charge in [-0.1, -0.05) is 12.1 Å². The number of carbonyl (C=O) groups excluding carboxylic acids is 1. The Balaban J connectivity index is 1.79. The first-order chi connectivity index (χ1) is 9.18. The van der Waals surface area contributed by atoms with Crippen molar-refractivity contribution < 1.29 is 9.53 Å². The van der Waals surface area contributed by atoms with Gasteiger partial charge in [-0.3, -0.25) is 4.79 Å². The van der Waals surface area contributed by atoms with Crippen molar-refractivity contribution in [3.05, 3.63) is 28.7 Å². The first kappa shape index (κ1) is 14.3. The molecule has 1 aliphatic rings. The highest BCUT2D eigenvalue weighted by Crippen LogP contribution is 2.23. The topological polar surface area (TPSA) is 41.6 Å². The van der Waals surface area contributed by atoms with E-state index in [0.717, 1.165) is 29.9 Å². The highest BCUT2D eigenvalue weighted by molar-refractivity contribution is 9.10. The summed E-state index contributed by atoms with van der Waals surface area (Å²) in [6.45, 7) is 5.02. The van der Waals surface area contributed by atoms with E-state index in [4.69, 9.17) is 4.74 Å². The Hall–Kier alpha value is -1.07. The van der Waals surface area contributed by atoms with Crippen LogP contribution in [-0.4, -0.2) is 43.1 Å². The van der Waals surface area contributed by atoms with Crippen LogP contribution in [-0.2, 0) is 4.79 Å². The third-order valence-corrected chi connectivity index (χ3v) is 3.89. The van der Waals surface area contributed by atoms with Crippen molar-refractivity contribution in [3.63, 3.8) is 0 Å². The smallest absolute Gasteiger partial charge is 0.226 e. The molecule has 0 aromatic heterocycles. The summed E-state index contributed by atoms with van der Waals surface area (Å²) < 4.78 is 6.54. The van der Waals surface area contributed by atoms with Gasteiger partial charge in [-0.2, -0.15) is 0 Å². The summed E-state index contributed by atoms with van der Waals surface area (Å²) in [6, 6.07) is 7.94. The van der Waals surface area contributed by atoms with Gasteiger partial charge in [-0.25, -0.2) is 0 Å². The van der Waals surface area contributed by atoms with E-state index in [9.17, 15) is 4.79 Å². The number of hydrogen-bond acceptors (Lipinski definition) is 3. The number of nitrogens with one attached hydrogen (secondary N) is 1. The van der Waals surface area contributed by atoms with Gasteiger partial charge in [0.15, 0.2) is 0 Å². The average Bonchev–Trinajstić information content (AvgIpc) is 2.41. The normalized spacial score (nSPS) is 19.3. The fourth-order valence-electron chi connectivity index (χ4n) is 2.17. The SMILES string of the molecule is C[C@@H]1CNCCN1C(=O)CCOc1ccccc1Br. The third kappa shape index (κ3) is 3.94. The van der Waals surface area contributed by atoms with Gasteiger partial charge in [0.05, 0.1) is 17.5 Å². The van der Waals surface area contributed by atoms with Crippen LogP contribution in [0.1, 0.15) is 13.3 Å². The molecule has 0 bridgehead atoms. The minimum atomic E-state index is 0.168. The second kappa shape index (κ2) is 6.91. The highest BCUT2D eigenvalue weighted by atomic mass is 79.9. The van der Waals surface area contributed by atoms with E-state index in [1.54, 1.807) is 0 Å². The molecule has 1 N–H and O–H groups in total. The van der Waals surface area contributed by atoms with Crippen molar-refractivity contribution in [1.29, 1.82) is 0 Å². The molecule has 0 aliphatic carbocycles. The van der Waals surface area contributed by atoms with Gasteiger partial charge >= 0.3 is 0 Å². The van der Waals surface area contributed by atoms with E-state index in [1.807, 2.05) is 29.2 Å². The molecule has 0 radical (unpaired) electrons. The Morgan fingerprint density at radius 3 is 3.05 bits per heavy atom. The molecule has 0 saturated carbocycles. The lowest BCUT2D eigenvalue weighted by Gasteiger charge is -2.34. The van der Waals surface area contributed by atoms with Gasteiger partial charge < -0.3 is 15.0 Å². The molecule has 1 aromatic rings. The van der Waals surface area contributed by atoms with E-state index < -0.39 is 0 Å².